The third kappa shape index (κ3) is 2.59. The molecule has 0 amide bonds. The summed E-state index contributed by atoms with van der Waals surface area (Å²) in [5, 5.41) is 13.3. The van der Waals surface area contributed by atoms with Crippen LogP contribution in [0.2, 0.25) is 0 Å². The maximum atomic E-state index is 12.1. The number of hydrogen-bond acceptors (Lipinski definition) is 5. The van der Waals surface area contributed by atoms with Gasteiger partial charge in [-0.15, -0.1) is 0 Å². The molecule has 6 heteroatoms. The molecule has 116 valence electrons. The van der Waals surface area contributed by atoms with Crippen LogP contribution in [-0.2, 0) is 19.4 Å². The molecule has 2 aromatic rings. The van der Waals surface area contributed by atoms with Crippen LogP contribution < -0.4 is 10.5 Å². The highest BCUT2D eigenvalue weighted by Crippen LogP contribution is 2.24. The molecule has 2 aromatic heterocycles. The Hall–Kier alpha value is -2.68. The molecule has 1 fully saturated rings. The number of nitrogens with zero attached hydrogens (tertiary/aromatic N) is 5. The summed E-state index contributed by atoms with van der Waals surface area (Å²) in [6.45, 7) is 2.40. The molecule has 0 unspecified atom stereocenters. The van der Waals surface area contributed by atoms with E-state index < -0.39 is 0 Å². The van der Waals surface area contributed by atoms with Gasteiger partial charge in [-0.1, -0.05) is 0 Å². The van der Waals surface area contributed by atoms with Crippen LogP contribution >= 0.6 is 0 Å². The molecule has 0 bridgehead atoms. The van der Waals surface area contributed by atoms with E-state index in [9.17, 15) is 4.79 Å². The highest BCUT2D eigenvalue weighted by molar-refractivity contribution is 5.44. The van der Waals surface area contributed by atoms with Crippen molar-refractivity contribution < 1.29 is 0 Å². The summed E-state index contributed by atoms with van der Waals surface area (Å²) in [4.78, 5) is 18.6. The lowest BCUT2D eigenvalue weighted by Crippen LogP contribution is -2.50. The summed E-state index contributed by atoms with van der Waals surface area (Å²) in [7, 11) is 0. The Kier molecular flexibility index (Phi) is 3.34. The third-order valence-corrected chi connectivity index (χ3v) is 4.61. The van der Waals surface area contributed by atoms with Gasteiger partial charge >= 0.3 is 0 Å². The van der Waals surface area contributed by atoms with Crippen LogP contribution in [0.1, 0.15) is 23.2 Å². The summed E-state index contributed by atoms with van der Waals surface area (Å²) in [6.07, 6.45) is 4.67. The van der Waals surface area contributed by atoms with Crippen LogP contribution in [0.3, 0.4) is 0 Å². The summed E-state index contributed by atoms with van der Waals surface area (Å²) < 4.78 is 1.62. The van der Waals surface area contributed by atoms with E-state index in [2.05, 4.69) is 21.1 Å². The van der Waals surface area contributed by atoms with E-state index in [-0.39, 0.29) is 5.56 Å². The summed E-state index contributed by atoms with van der Waals surface area (Å²) in [5.74, 6) is 1.30. The second kappa shape index (κ2) is 5.51. The van der Waals surface area contributed by atoms with Gasteiger partial charge in [0, 0.05) is 31.3 Å². The maximum absolute atomic E-state index is 12.1. The van der Waals surface area contributed by atoms with E-state index in [0.29, 0.717) is 18.0 Å². The predicted octanol–water partition coefficient (Wildman–Crippen LogP) is 1.14. The second-order valence-electron chi connectivity index (χ2n) is 6.28. The minimum absolute atomic E-state index is 0.0144. The van der Waals surface area contributed by atoms with Gasteiger partial charge in [-0.2, -0.15) is 10.4 Å². The van der Waals surface area contributed by atoms with Gasteiger partial charge in [0.05, 0.1) is 17.8 Å². The first kappa shape index (κ1) is 13.9. The van der Waals surface area contributed by atoms with Crippen molar-refractivity contribution in [2.45, 2.75) is 25.8 Å². The van der Waals surface area contributed by atoms with E-state index in [0.717, 1.165) is 49.4 Å². The summed E-state index contributed by atoms with van der Waals surface area (Å²) in [6, 6.07) is 7.48. The minimum Gasteiger partial charge on any atom is -0.356 e. The van der Waals surface area contributed by atoms with Crippen molar-refractivity contribution >= 4 is 5.82 Å². The Morgan fingerprint density at radius 3 is 2.91 bits per heavy atom. The van der Waals surface area contributed by atoms with Gasteiger partial charge < -0.3 is 4.90 Å². The fourth-order valence-electron chi connectivity index (χ4n) is 3.33. The van der Waals surface area contributed by atoms with Crippen LogP contribution in [-0.4, -0.2) is 27.9 Å². The molecule has 0 N–H and O–H groups in total. The van der Waals surface area contributed by atoms with Gasteiger partial charge in [0.2, 0.25) is 0 Å². The molecular formula is C17H17N5O. The number of pyridine rings is 1. The molecule has 0 spiro atoms. The van der Waals surface area contributed by atoms with E-state index in [1.54, 1.807) is 23.0 Å². The van der Waals surface area contributed by atoms with Crippen molar-refractivity contribution in [1.29, 1.82) is 5.26 Å². The zero-order chi connectivity index (χ0) is 15.8. The fourth-order valence-corrected chi connectivity index (χ4v) is 3.33. The molecular weight excluding hydrogens is 290 g/mol. The number of rotatable bonds is 3. The molecule has 1 saturated heterocycles. The number of fused-ring (bicyclic) bond motifs is 1. The zero-order valence-corrected chi connectivity index (χ0v) is 12.8. The van der Waals surface area contributed by atoms with E-state index in [1.165, 1.54) is 0 Å². The Balaban J connectivity index is 1.41. The van der Waals surface area contributed by atoms with Crippen LogP contribution in [0, 0.1) is 17.2 Å². The smallest absolute Gasteiger partial charge is 0.267 e. The minimum atomic E-state index is 0.0144. The largest absolute Gasteiger partial charge is 0.356 e. The standard InChI is InChI=1S/C17H17N5O/c18-7-12-4-5-16(19-8-12)21-9-13(10-21)11-22-17(23)6-14-2-1-3-15(14)20-22/h4-6,8,13H,1-3,9-11H2. The fraction of sp³-hybridized carbons (Fsp3) is 0.412. The van der Waals surface area contributed by atoms with Crippen molar-refractivity contribution in [2.24, 2.45) is 5.92 Å². The van der Waals surface area contributed by atoms with Gasteiger partial charge in [0.15, 0.2) is 0 Å². The summed E-state index contributed by atoms with van der Waals surface area (Å²) in [5.41, 5.74) is 2.80. The first-order chi connectivity index (χ1) is 11.2. The maximum Gasteiger partial charge on any atom is 0.267 e. The average molecular weight is 307 g/mol. The summed E-state index contributed by atoms with van der Waals surface area (Å²) >= 11 is 0. The van der Waals surface area contributed by atoms with Crippen LogP contribution in [0.5, 0.6) is 0 Å². The van der Waals surface area contributed by atoms with Crippen molar-refractivity contribution in [1.82, 2.24) is 14.8 Å². The highest BCUT2D eigenvalue weighted by Gasteiger charge is 2.29. The molecule has 0 saturated carbocycles. The lowest BCUT2D eigenvalue weighted by atomic mass is 10.00. The molecule has 6 nitrogen and oxygen atoms in total. The Morgan fingerprint density at radius 2 is 2.17 bits per heavy atom. The van der Waals surface area contributed by atoms with E-state index >= 15 is 0 Å². The molecule has 0 radical (unpaired) electrons. The monoisotopic (exact) mass is 307 g/mol. The Morgan fingerprint density at radius 1 is 1.30 bits per heavy atom. The molecule has 1 aliphatic heterocycles. The number of hydrogen-bond donors (Lipinski definition) is 0. The van der Waals surface area contributed by atoms with Gasteiger partial charge in [-0.05, 0) is 37.0 Å². The molecule has 23 heavy (non-hydrogen) atoms. The van der Waals surface area contributed by atoms with Crippen LogP contribution in [0.15, 0.2) is 29.2 Å². The number of aryl methyl sites for hydroxylation is 2. The number of aromatic nitrogens is 3. The Labute approximate surface area is 134 Å². The molecule has 3 heterocycles. The van der Waals surface area contributed by atoms with Crippen LogP contribution in [0.25, 0.3) is 0 Å². The van der Waals surface area contributed by atoms with Gasteiger partial charge in [-0.3, -0.25) is 4.79 Å². The van der Waals surface area contributed by atoms with Crippen molar-refractivity contribution in [3.63, 3.8) is 0 Å². The SMILES string of the molecule is N#Cc1ccc(N2CC(Cn3nc4c(cc3=O)CCC4)C2)nc1. The molecule has 4 rings (SSSR count). The normalized spacial score (nSPS) is 16.7. The Bertz CT molecular complexity index is 828. The topological polar surface area (TPSA) is 74.8 Å². The first-order valence-corrected chi connectivity index (χ1v) is 7.94. The molecule has 0 aromatic carbocycles. The average Bonchev–Trinajstić information content (AvgIpc) is 2.97. The van der Waals surface area contributed by atoms with Crippen molar-refractivity contribution in [3.05, 3.63) is 51.6 Å². The predicted molar refractivity (Wildman–Crippen MR) is 85.2 cm³/mol. The second-order valence-corrected chi connectivity index (χ2v) is 6.28. The zero-order valence-electron chi connectivity index (χ0n) is 12.8. The third-order valence-electron chi connectivity index (χ3n) is 4.61. The number of nitriles is 1. The molecule has 1 aliphatic carbocycles. The van der Waals surface area contributed by atoms with Crippen molar-refractivity contribution in [2.75, 3.05) is 18.0 Å². The number of anilines is 1. The van der Waals surface area contributed by atoms with E-state index in [1.807, 2.05) is 6.07 Å². The first-order valence-electron chi connectivity index (χ1n) is 7.94. The molecule has 0 atom stereocenters. The quantitative estimate of drug-likeness (QED) is 0.850. The molecule has 2 aliphatic rings. The van der Waals surface area contributed by atoms with Gasteiger partial charge in [-0.25, -0.2) is 9.67 Å². The van der Waals surface area contributed by atoms with Gasteiger partial charge in [0.1, 0.15) is 11.9 Å². The highest BCUT2D eigenvalue weighted by atomic mass is 16.1. The lowest BCUT2D eigenvalue weighted by Gasteiger charge is -2.40. The van der Waals surface area contributed by atoms with Crippen molar-refractivity contribution in [3.8, 4) is 6.07 Å². The van der Waals surface area contributed by atoms with Crippen LogP contribution in [0.4, 0.5) is 5.82 Å². The van der Waals surface area contributed by atoms with Gasteiger partial charge in [0.25, 0.3) is 5.56 Å². The van der Waals surface area contributed by atoms with E-state index in [4.69, 9.17) is 5.26 Å². The lowest BCUT2D eigenvalue weighted by molar-refractivity contribution is 0.331.